The van der Waals surface area contributed by atoms with E-state index in [2.05, 4.69) is 5.32 Å². The Kier molecular flexibility index (Phi) is 4.24. The first-order valence-corrected chi connectivity index (χ1v) is 6.23. The minimum absolute atomic E-state index is 0.0661. The molecule has 0 aromatic heterocycles. The quantitative estimate of drug-likeness (QED) is 0.667. The van der Waals surface area contributed by atoms with Crippen LogP contribution in [-0.4, -0.2) is 4.92 Å². The number of halogens is 2. The van der Waals surface area contributed by atoms with Crippen molar-refractivity contribution in [2.45, 2.75) is 6.54 Å². The molecule has 1 N–H and O–H groups in total. The van der Waals surface area contributed by atoms with E-state index in [1.165, 1.54) is 12.1 Å². The van der Waals surface area contributed by atoms with Crippen LogP contribution in [0.1, 0.15) is 5.56 Å². The molecular formula is C13H10Cl2N2O2. The summed E-state index contributed by atoms with van der Waals surface area (Å²) in [4.78, 5) is 10.1. The van der Waals surface area contributed by atoms with Gasteiger partial charge in [-0.3, -0.25) is 10.1 Å². The third-order valence-corrected chi connectivity index (χ3v) is 2.93. The number of hydrogen-bond acceptors (Lipinski definition) is 3. The maximum atomic E-state index is 10.5. The van der Waals surface area contributed by atoms with Gasteiger partial charge in [0, 0.05) is 34.4 Å². The van der Waals surface area contributed by atoms with Crippen molar-refractivity contribution in [1.29, 1.82) is 0 Å². The van der Waals surface area contributed by atoms with Gasteiger partial charge in [0.25, 0.3) is 5.69 Å². The molecule has 0 saturated carbocycles. The summed E-state index contributed by atoms with van der Waals surface area (Å²) in [6.45, 7) is 0.540. The van der Waals surface area contributed by atoms with Crippen LogP contribution < -0.4 is 5.32 Å². The summed E-state index contributed by atoms with van der Waals surface area (Å²) in [7, 11) is 0. The van der Waals surface area contributed by atoms with Gasteiger partial charge in [0.2, 0.25) is 0 Å². The lowest BCUT2D eigenvalue weighted by atomic mass is 10.2. The van der Waals surface area contributed by atoms with E-state index in [0.717, 1.165) is 11.3 Å². The number of nitro benzene ring substituents is 1. The van der Waals surface area contributed by atoms with Crippen molar-refractivity contribution < 1.29 is 4.92 Å². The molecule has 0 aliphatic heterocycles. The Morgan fingerprint density at radius 1 is 1.05 bits per heavy atom. The molecule has 0 saturated heterocycles. The first-order chi connectivity index (χ1) is 9.04. The highest BCUT2D eigenvalue weighted by Crippen LogP contribution is 2.20. The van der Waals surface area contributed by atoms with Crippen molar-refractivity contribution in [2.75, 3.05) is 5.32 Å². The number of hydrogen-bond donors (Lipinski definition) is 1. The molecule has 19 heavy (non-hydrogen) atoms. The van der Waals surface area contributed by atoms with Crippen LogP contribution in [0.5, 0.6) is 0 Å². The fourth-order valence-electron chi connectivity index (χ4n) is 1.62. The lowest BCUT2D eigenvalue weighted by molar-refractivity contribution is -0.384. The molecule has 4 nitrogen and oxygen atoms in total. The van der Waals surface area contributed by atoms with Crippen LogP contribution in [0, 0.1) is 10.1 Å². The van der Waals surface area contributed by atoms with E-state index in [1.807, 2.05) is 12.1 Å². The molecule has 0 heterocycles. The van der Waals surface area contributed by atoms with Gasteiger partial charge in [0.15, 0.2) is 0 Å². The Hall–Kier alpha value is -1.78. The van der Waals surface area contributed by atoms with Gasteiger partial charge in [-0.1, -0.05) is 23.2 Å². The maximum absolute atomic E-state index is 10.5. The maximum Gasteiger partial charge on any atom is 0.269 e. The Morgan fingerprint density at radius 3 is 2.16 bits per heavy atom. The van der Waals surface area contributed by atoms with Crippen molar-refractivity contribution in [2.24, 2.45) is 0 Å². The molecule has 0 amide bonds. The molecule has 0 aliphatic carbocycles. The summed E-state index contributed by atoms with van der Waals surface area (Å²) in [5.74, 6) is 0. The molecule has 0 bridgehead atoms. The van der Waals surface area contributed by atoms with E-state index in [4.69, 9.17) is 23.2 Å². The average molecular weight is 297 g/mol. The molecule has 0 atom stereocenters. The standard InChI is InChI=1S/C13H10Cl2N2O2/c14-10-5-9(6-11(15)7-10)8-16-12-1-3-13(4-2-12)17(18)19/h1-7,16H,8H2. The largest absolute Gasteiger partial charge is 0.381 e. The van der Waals surface area contributed by atoms with Crippen molar-refractivity contribution >= 4 is 34.6 Å². The molecule has 98 valence electrons. The van der Waals surface area contributed by atoms with Gasteiger partial charge >= 0.3 is 0 Å². The molecule has 0 radical (unpaired) electrons. The van der Waals surface area contributed by atoms with Crippen LogP contribution in [0.25, 0.3) is 0 Å². The summed E-state index contributed by atoms with van der Waals surface area (Å²) >= 11 is 11.8. The van der Waals surface area contributed by atoms with E-state index in [0.29, 0.717) is 16.6 Å². The zero-order chi connectivity index (χ0) is 13.8. The average Bonchev–Trinajstić information content (AvgIpc) is 2.36. The second-order valence-electron chi connectivity index (χ2n) is 3.94. The predicted molar refractivity (Wildman–Crippen MR) is 76.9 cm³/mol. The van der Waals surface area contributed by atoms with Crippen molar-refractivity contribution in [1.82, 2.24) is 0 Å². The van der Waals surface area contributed by atoms with E-state index in [-0.39, 0.29) is 5.69 Å². The highest BCUT2D eigenvalue weighted by atomic mass is 35.5. The number of nitro groups is 1. The molecule has 0 spiro atoms. The summed E-state index contributed by atoms with van der Waals surface area (Å²) in [6, 6.07) is 11.5. The minimum atomic E-state index is -0.430. The molecule has 2 aromatic rings. The van der Waals surface area contributed by atoms with Gasteiger partial charge in [0.05, 0.1) is 4.92 Å². The minimum Gasteiger partial charge on any atom is -0.381 e. The van der Waals surface area contributed by atoms with Crippen LogP contribution in [0.15, 0.2) is 42.5 Å². The zero-order valence-corrected chi connectivity index (χ0v) is 11.3. The lowest BCUT2D eigenvalue weighted by Crippen LogP contribution is -1.99. The van der Waals surface area contributed by atoms with Crippen LogP contribution in [-0.2, 0) is 6.54 Å². The Balaban J connectivity index is 2.03. The molecule has 0 aliphatic rings. The van der Waals surface area contributed by atoms with Crippen molar-refractivity contribution in [3.63, 3.8) is 0 Å². The third-order valence-electron chi connectivity index (χ3n) is 2.50. The molecule has 2 aromatic carbocycles. The highest BCUT2D eigenvalue weighted by molar-refractivity contribution is 6.34. The smallest absolute Gasteiger partial charge is 0.269 e. The van der Waals surface area contributed by atoms with Crippen LogP contribution in [0.2, 0.25) is 10.0 Å². The van der Waals surface area contributed by atoms with Gasteiger partial charge in [-0.25, -0.2) is 0 Å². The number of non-ortho nitro benzene ring substituents is 1. The van der Waals surface area contributed by atoms with Crippen LogP contribution >= 0.6 is 23.2 Å². The normalized spacial score (nSPS) is 10.2. The third kappa shape index (κ3) is 3.84. The van der Waals surface area contributed by atoms with E-state index >= 15 is 0 Å². The Bertz CT molecular complexity index is 580. The summed E-state index contributed by atoms with van der Waals surface area (Å²) < 4.78 is 0. The predicted octanol–water partition coefficient (Wildman–Crippen LogP) is 4.51. The van der Waals surface area contributed by atoms with Gasteiger partial charge in [-0.05, 0) is 35.9 Å². The fraction of sp³-hybridized carbons (Fsp3) is 0.0769. The number of anilines is 1. The SMILES string of the molecule is O=[N+]([O-])c1ccc(NCc2cc(Cl)cc(Cl)c2)cc1. The topological polar surface area (TPSA) is 55.2 Å². The first-order valence-electron chi connectivity index (χ1n) is 5.48. The molecule has 6 heteroatoms. The Morgan fingerprint density at radius 2 is 1.63 bits per heavy atom. The summed E-state index contributed by atoms with van der Waals surface area (Å²) in [5.41, 5.74) is 1.80. The number of nitrogens with zero attached hydrogens (tertiary/aromatic N) is 1. The fourth-order valence-corrected chi connectivity index (χ4v) is 2.19. The van der Waals surface area contributed by atoms with E-state index in [9.17, 15) is 10.1 Å². The van der Waals surface area contributed by atoms with Gasteiger partial charge in [0.1, 0.15) is 0 Å². The monoisotopic (exact) mass is 296 g/mol. The van der Waals surface area contributed by atoms with Crippen molar-refractivity contribution in [3.05, 3.63) is 68.2 Å². The van der Waals surface area contributed by atoms with Gasteiger partial charge in [-0.15, -0.1) is 0 Å². The lowest BCUT2D eigenvalue weighted by Gasteiger charge is -2.07. The molecule has 2 rings (SSSR count). The van der Waals surface area contributed by atoms with Crippen molar-refractivity contribution in [3.8, 4) is 0 Å². The molecular weight excluding hydrogens is 287 g/mol. The van der Waals surface area contributed by atoms with Crippen LogP contribution in [0.4, 0.5) is 11.4 Å². The van der Waals surface area contributed by atoms with E-state index in [1.54, 1.807) is 18.2 Å². The number of rotatable bonds is 4. The zero-order valence-electron chi connectivity index (χ0n) is 9.77. The second-order valence-corrected chi connectivity index (χ2v) is 4.81. The number of nitrogens with one attached hydrogen (secondary N) is 1. The Labute approximate surface area is 120 Å². The molecule has 0 fully saturated rings. The first kappa shape index (κ1) is 13.6. The van der Waals surface area contributed by atoms with Gasteiger partial charge in [-0.2, -0.15) is 0 Å². The summed E-state index contributed by atoms with van der Waals surface area (Å²) in [6.07, 6.45) is 0. The second kappa shape index (κ2) is 5.91. The highest BCUT2D eigenvalue weighted by Gasteiger charge is 2.04. The molecule has 0 unspecified atom stereocenters. The number of benzene rings is 2. The summed E-state index contributed by atoms with van der Waals surface area (Å²) in [5, 5.41) is 14.8. The van der Waals surface area contributed by atoms with E-state index < -0.39 is 4.92 Å². The van der Waals surface area contributed by atoms with Crippen LogP contribution in [0.3, 0.4) is 0 Å². The van der Waals surface area contributed by atoms with Gasteiger partial charge < -0.3 is 5.32 Å².